The molecule has 0 aliphatic rings. The van der Waals surface area contributed by atoms with Gasteiger partial charge in [-0.3, -0.25) is 0 Å². The number of carboxylic acid groups (broad SMARTS) is 1. The van der Waals surface area contributed by atoms with Crippen LogP contribution in [0.5, 0.6) is 0 Å². The number of carbonyl (C=O) groups is 1. The standard InChI is InChI=1S/CH3NO2.2K.2H/c2-1(3)4;;;;/h2H2,(H,3,4);;;;. The molecule has 3 N–H and O–H groups in total. The quantitative estimate of drug-likeness (QED) is 0.396. The third-order valence-electron chi connectivity index (χ3n) is 0. The van der Waals surface area contributed by atoms with Crippen LogP contribution in [0.15, 0.2) is 0 Å². The van der Waals surface area contributed by atoms with Crippen LogP contribution >= 0.6 is 0 Å². The Morgan fingerprint density at radius 3 is 1.50 bits per heavy atom. The van der Waals surface area contributed by atoms with E-state index in [4.69, 9.17) is 9.90 Å². The molecule has 0 saturated carbocycles. The molecule has 0 rings (SSSR count). The van der Waals surface area contributed by atoms with Crippen molar-refractivity contribution >= 4 is 109 Å². The van der Waals surface area contributed by atoms with E-state index in [2.05, 4.69) is 5.73 Å². The number of amides is 1. The molecule has 6 heavy (non-hydrogen) atoms. The van der Waals surface area contributed by atoms with Gasteiger partial charge in [0.05, 0.1) is 0 Å². The fourth-order valence-corrected chi connectivity index (χ4v) is 0. The van der Waals surface area contributed by atoms with Crippen molar-refractivity contribution < 1.29 is 9.90 Å². The molecule has 28 valence electrons. The van der Waals surface area contributed by atoms with Gasteiger partial charge in [0.2, 0.25) is 0 Å². The van der Waals surface area contributed by atoms with Crippen molar-refractivity contribution in [3.8, 4) is 0 Å². The normalized spacial score (nSPS) is 4.00. The summed E-state index contributed by atoms with van der Waals surface area (Å²) in [5.74, 6) is 0. The van der Waals surface area contributed by atoms with E-state index >= 15 is 0 Å². The first-order valence-corrected chi connectivity index (χ1v) is 0.716. The van der Waals surface area contributed by atoms with E-state index in [-0.39, 0.29) is 103 Å². The molecule has 0 aromatic rings. The Balaban J connectivity index is -0.0000000450. The van der Waals surface area contributed by atoms with Gasteiger partial charge >= 0.3 is 109 Å². The van der Waals surface area contributed by atoms with E-state index in [1.54, 1.807) is 0 Å². The molecule has 3 nitrogen and oxygen atoms in total. The second-order valence-electron chi connectivity index (χ2n) is 0.338. The minimum atomic E-state index is -1.33. The third-order valence-corrected chi connectivity index (χ3v) is 0. The SMILES string of the molecule is NC(=O)O.[KH].[KH]. The van der Waals surface area contributed by atoms with Crippen molar-refractivity contribution in [2.75, 3.05) is 0 Å². The molecule has 0 aliphatic heterocycles. The van der Waals surface area contributed by atoms with E-state index in [9.17, 15) is 0 Å². The summed E-state index contributed by atoms with van der Waals surface area (Å²) in [5.41, 5.74) is 4.03. The zero-order valence-corrected chi connectivity index (χ0v) is 1.93. The van der Waals surface area contributed by atoms with Crippen molar-refractivity contribution in [3.05, 3.63) is 0 Å². The number of rotatable bonds is 0. The maximum absolute atomic E-state index is 8.78. The molecule has 0 aromatic heterocycles. The van der Waals surface area contributed by atoms with Crippen molar-refractivity contribution in [3.63, 3.8) is 0 Å². The van der Waals surface area contributed by atoms with Gasteiger partial charge in [0.1, 0.15) is 0 Å². The summed E-state index contributed by atoms with van der Waals surface area (Å²) in [5, 5.41) is 7.19. The molecule has 0 unspecified atom stereocenters. The fourth-order valence-electron chi connectivity index (χ4n) is 0. The first kappa shape index (κ1) is 15.8. The van der Waals surface area contributed by atoms with Crippen LogP contribution in [0.3, 0.4) is 0 Å². The zero-order valence-electron chi connectivity index (χ0n) is 1.93. The van der Waals surface area contributed by atoms with Crippen LogP contribution in [-0.4, -0.2) is 114 Å². The van der Waals surface area contributed by atoms with Gasteiger partial charge in [-0.15, -0.1) is 0 Å². The average molecular weight is 141 g/mol. The van der Waals surface area contributed by atoms with E-state index < -0.39 is 6.09 Å². The summed E-state index contributed by atoms with van der Waals surface area (Å²) >= 11 is 0. The van der Waals surface area contributed by atoms with E-state index in [0.29, 0.717) is 0 Å². The molecule has 0 bridgehead atoms. The Kier molecular flexibility index (Phi) is 27.7. The van der Waals surface area contributed by atoms with Crippen molar-refractivity contribution in [2.24, 2.45) is 5.73 Å². The molecule has 5 heteroatoms. The van der Waals surface area contributed by atoms with Gasteiger partial charge in [-0.2, -0.15) is 0 Å². The molecule has 0 atom stereocenters. The summed E-state index contributed by atoms with van der Waals surface area (Å²) in [4.78, 5) is 8.78. The third kappa shape index (κ3) is 31.1. The van der Waals surface area contributed by atoms with Gasteiger partial charge in [-0.1, -0.05) is 0 Å². The van der Waals surface area contributed by atoms with Gasteiger partial charge < -0.3 is 10.8 Å². The van der Waals surface area contributed by atoms with Crippen molar-refractivity contribution in [1.29, 1.82) is 0 Å². The zero-order chi connectivity index (χ0) is 3.58. The Labute approximate surface area is 121 Å². The molecule has 0 aliphatic carbocycles. The Hall–Kier alpha value is 2.54. The van der Waals surface area contributed by atoms with Crippen LogP contribution in [-0.2, 0) is 0 Å². The molecule has 0 saturated heterocycles. The van der Waals surface area contributed by atoms with E-state index in [1.807, 2.05) is 0 Å². The van der Waals surface area contributed by atoms with Crippen LogP contribution in [0.2, 0.25) is 0 Å². The fraction of sp³-hybridized carbons (Fsp3) is 0. The average Bonchev–Trinajstić information content (AvgIpc) is 0.811. The van der Waals surface area contributed by atoms with Gasteiger partial charge in [-0.05, 0) is 0 Å². The predicted octanol–water partition coefficient (Wildman–Crippen LogP) is -1.67. The van der Waals surface area contributed by atoms with E-state index in [0.717, 1.165) is 0 Å². The molecule has 0 fully saturated rings. The Bertz CT molecular complexity index is 34.5. The minimum absolute atomic E-state index is 0. The number of nitrogens with two attached hydrogens (primary N) is 1. The summed E-state index contributed by atoms with van der Waals surface area (Å²) in [7, 11) is 0. The molecule has 0 heterocycles. The topological polar surface area (TPSA) is 63.3 Å². The maximum atomic E-state index is 8.78. The molecule has 0 aromatic carbocycles. The van der Waals surface area contributed by atoms with Gasteiger partial charge in [0.25, 0.3) is 0 Å². The van der Waals surface area contributed by atoms with Crippen LogP contribution in [0.1, 0.15) is 0 Å². The summed E-state index contributed by atoms with van der Waals surface area (Å²) in [6, 6.07) is 0. The van der Waals surface area contributed by atoms with Crippen LogP contribution in [0.4, 0.5) is 4.79 Å². The van der Waals surface area contributed by atoms with Gasteiger partial charge in [0, 0.05) is 0 Å². The molecule has 1 amide bonds. The summed E-state index contributed by atoms with van der Waals surface area (Å²) in [6.45, 7) is 0. The van der Waals surface area contributed by atoms with Gasteiger partial charge in [-0.25, -0.2) is 4.79 Å². The first-order valence-electron chi connectivity index (χ1n) is 0.716. The predicted molar refractivity (Wildman–Crippen MR) is 26.5 cm³/mol. The summed E-state index contributed by atoms with van der Waals surface area (Å²) in [6.07, 6.45) is -1.33. The second kappa shape index (κ2) is 10.5. The Morgan fingerprint density at radius 1 is 1.50 bits per heavy atom. The number of primary amides is 1. The van der Waals surface area contributed by atoms with Crippen LogP contribution in [0, 0.1) is 0 Å². The molecule has 0 radical (unpaired) electrons. The molecular weight excluding hydrogens is 136 g/mol. The monoisotopic (exact) mass is 141 g/mol. The van der Waals surface area contributed by atoms with Crippen LogP contribution < -0.4 is 5.73 Å². The number of hydrogen-bond donors (Lipinski definition) is 2. The van der Waals surface area contributed by atoms with Gasteiger partial charge in [0.15, 0.2) is 0 Å². The first-order chi connectivity index (χ1) is 1.73. The second-order valence-corrected chi connectivity index (χ2v) is 0.338. The summed E-state index contributed by atoms with van der Waals surface area (Å²) < 4.78 is 0. The van der Waals surface area contributed by atoms with Crippen molar-refractivity contribution in [1.82, 2.24) is 0 Å². The Morgan fingerprint density at radius 2 is 1.50 bits per heavy atom. The number of hydrogen-bond acceptors (Lipinski definition) is 1. The van der Waals surface area contributed by atoms with Crippen molar-refractivity contribution in [2.45, 2.75) is 0 Å². The van der Waals surface area contributed by atoms with Crippen LogP contribution in [0.25, 0.3) is 0 Å². The molecular formula is CH5K2NO2. The van der Waals surface area contributed by atoms with E-state index in [1.165, 1.54) is 0 Å². The molecule has 0 spiro atoms.